The fraction of sp³-hybridized carbons (Fsp3) is 0.444. The third-order valence-electron chi connectivity index (χ3n) is 2.36. The molecule has 1 aromatic heterocycles. The van der Waals surface area contributed by atoms with Gasteiger partial charge in [0.1, 0.15) is 0 Å². The minimum atomic E-state index is 0.520. The first-order chi connectivity index (χ1) is 5.42. The molecule has 1 unspecified atom stereocenters. The highest BCUT2D eigenvalue weighted by Crippen LogP contribution is 2.29. The van der Waals surface area contributed by atoms with Gasteiger partial charge in [-0.3, -0.25) is 4.98 Å². The molecular formula is C9H12N2. The number of pyridine rings is 1. The first-order valence-corrected chi connectivity index (χ1v) is 4.05. The molecule has 0 radical (unpaired) electrons. The van der Waals surface area contributed by atoms with Crippen molar-refractivity contribution in [2.24, 2.45) is 5.73 Å². The third kappa shape index (κ3) is 1.03. The van der Waals surface area contributed by atoms with E-state index >= 15 is 0 Å². The van der Waals surface area contributed by atoms with Crippen molar-refractivity contribution in [1.82, 2.24) is 4.98 Å². The zero-order valence-corrected chi connectivity index (χ0v) is 6.46. The van der Waals surface area contributed by atoms with Crippen molar-refractivity contribution in [2.45, 2.75) is 18.8 Å². The normalized spacial score (nSPS) is 21.7. The Bertz CT molecular complexity index is 257. The summed E-state index contributed by atoms with van der Waals surface area (Å²) in [6.45, 7) is 0.740. The second-order valence-electron chi connectivity index (χ2n) is 3.02. The summed E-state index contributed by atoms with van der Waals surface area (Å²) >= 11 is 0. The van der Waals surface area contributed by atoms with Crippen LogP contribution in [-0.2, 0) is 6.42 Å². The average molecular weight is 148 g/mol. The highest BCUT2D eigenvalue weighted by Gasteiger charge is 2.21. The van der Waals surface area contributed by atoms with Crippen LogP contribution in [0.3, 0.4) is 0 Å². The maximum Gasteiger partial charge on any atom is 0.0479 e. The molecule has 2 N–H and O–H groups in total. The lowest BCUT2D eigenvalue weighted by atomic mass is 10.1. The van der Waals surface area contributed by atoms with Gasteiger partial charge in [0, 0.05) is 24.4 Å². The van der Waals surface area contributed by atoms with Crippen molar-refractivity contribution in [3.8, 4) is 0 Å². The smallest absolute Gasteiger partial charge is 0.0479 e. The molecule has 0 fully saturated rings. The standard InChI is InChI=1S/C9H12N2/c10-6-8-4-3-7-2-1-5-11-9(7)8/h1-2,5,8H,3-4,6,10H2. The van der Waals surface area contributed by atoms with Gasteiger partial charge in [-0.1, -0.05) is 6.07 Å². The average Bonchev–Trinajstić information content (AvgIpc) is 2.47. The third-order valence-corrected chi connectivity index (χ3v) is 2.36. The Balaban J connectivity index is 2.39. The summed E-state index contributed by atoms with van der Waals surface area (Å²) in [5, 5.41) is 0. The minimum absolute atomic E-state index is 0.520. The summed E-state index contributed by atoms with van der Waals surface area (Å²) < 4.78 is 0. The van der Waals surface area contributed by atoms with Crippen molar-refractivity contribution in [2.75, 3.05) is 6.54 Å². The van der Waals surface area contributed by atoms with Crippen molar-refractivity contribution < 1.29 is 0 Å². The molecule has 1 heterocycles. The van der Waals surface area contributed by atoms with Gasteiger partial charge in [0.25, 0.3) is 0 Å². The fourth-order valence-corrected chi connectivity index (χ4v) is 1.73. The number of rotatable bonds is 1. The minimum Gasteiger partial charge on any atom is -0.330 e. The largest absolute Gasteiger partial charge is 0.330 e. The summed E-state index contributed by atoms with van der Waals surface area (Å²) in [4.78, 5) is 4.33. The number of fused-ring (bicyclic) bond motifs is 1. The lowest BCUT2D eigenvalue weighted by molar-refractivity contribution is 0.674. The number of aromatic nitrogens is 1. The van der Waals surface area contributed by atoms with E-state index in [-0.39, 0.29) is 0 Å². The Morgan fingerprint density at radius 2 is 2.55 bits per heavy atom. The van der Waals surface area contributed by atoms with Crippen LogP contribution < -0.4 is 5.73 Å². The Kier molecular flexibility index (Phi) is 1.62. The maximum absolute atomic E-state index is 5.61. The van der Waals surface area contributed by atoms with Crippen LogP contribution in [0.5, 0.6) is 0 Å². The molecule has 0 aliphatic heterocycles. The first kappa shape index (κ1) is 6.80. The number of nitrogens with zero attached hydrogens (tertiary/aromatic N) is 1. The highest BCUT2D eigenvalue weighted by molar-refractivity contribution is 5.28. The Hall–Kier alpha value is -0.890. The zero-order valence-electron chi connectivity index (χ0n) is 6.46. The fourth-order valence-electron chi connectivity index (χ4n) is 1.73. The van der Waals surface area contributed by atoms with Crippen LogP contribution in [0.1, 0.15) is 23.6 Å². The van der Waals surface area contributed by atoms with Gasteiger partial charge in [-0.05, 0) is 24.5 Å². The van der Waals surface area contributed by atoms with Gasteiger partial charge in [0.05, 0.1) is 0 Å². The molecule has 1 aliphatic rings. The summed E-state index contributed by atoms with van der Waals surface area (Å²) in [5.41, 5.74) is 8.23. The lowest BCUT2D eigenvalue weighted by Crippen LogP contribution is -2.10. The molecule has 1 aromatic rings. The van der Waals surface area contributed by atoms with Crippen LogP contribution in [0.4, 0.5) is 0 Å². The van der Waals surface area contributed by atoms with Gasteiger partial charge in [0.15, 0.2) is 0 Å². The first-order valence-electron chi connectivity index (χ1n) is 4.05. The molecule has 2 heteroatoms. The van der Waals surface area contributed by atoms with E-state index in [9.17, 15) is 0 Å². The second-order valence-corrected chi connectivity index (χ2v) is 3.02. The SMILES string of the molecule is NCC1CCc2cccnc21. The van der Waals surface area contributed by atoms with Crippen LogP contribution >= 0.6 is 0 Å². The summed E-state index contributed by atoms with van der Waals surface area (Å²) in [6, 6.07) is 4.15. The zero-order chi connectivity index (χ0) is 7.68. The number of aryl methyl sites for hydroxylation is 1. The van der Waals surface area contributed by atoms with E-state index in [2.05, 4.69) is 11.1 Å². The maximum atomic E-state index is 5.61. The molecule has 0 amide bonds. The van der Waals surface area contributed by atoms with Gasteiger partial charge in [-0.25, -0.2) is 0 Å². The van der Waals surface area contributed by atoms with E-state index in [4.69, 9.17) is 5.73 Å². The number of hydrogen-bond acceptors (Lipinski definition) is 2. The molecule has 58 valence electrons. The second kappa shape index (κ2) is 2.62. The number of hydrogen-bond donors (Lipinski definition) is 1. The van der Waals surface area contributed by atoms with E-state index in [1.807, 2.05) is 12.3 Å². The van der Waals surface area contributed by atoms with Gasteiger partial charge in [-0.15, -0.1) is 0 Å². The Labute approximate surface area is 66.4 Å². The van der Waals surface area contributed by atoms with Crippen LogP contribution in [0.25, 0.3) is 0 Å². The molecule has 1 atom stereocenters. The Morgan fingerprint density at radius 1 is 1.64 bits per heavy atom. The summed E-state index contributed by atoms with van der Waals surface area (Å²) in [7, 11) is 0. The molecule has 0 saturated heterocycles. The van der Waals surface area contributed by atoms with E-state index < -0.39 is 0 Å². The molecule has 0 saturated carbocycles. The van der Waals surface area contributed by atoms with E-state index in [0.29, 0.717) is 5.92 Å². The van der Waals surface area contributed by atoms with Gasteiger partial charge < -0.3 is 5.73 Å². The molecule has 1 aliphatic carbocycles. The van der Waals surface area contributed by atoms with Crippen molar-refractivity contribution in [1.29, 1.82) is 0 Å². The molecule has 0 bridgehead atoms. The van der Waals surface area contributed by atoms with Crippen LogP contribution in [0, 0.1) is 0 Å². The van der Waals surface area contributed by atoms with E-state index in [0.717, 1.165) is 13.0 Å². The van der Waals surface area contributed by atoms with Crippen molar-refractivity contribution in [3.63, 3.8) is 0 Å². The van der Waals surface area contributed by atoms with Crippen LogP contribution in [0.2, 0.25) is 0 Å². The van der Waals surface area contributed by atoms with Crippen LogP contribution in [0.15, 0.2) is 18.3 Å². The van der Waals surface area contributed by atoms with E-state index in [1.54, 1.807) is 0 Å². The van der Waals surface area contributed by atoms with E-state index in [1.165, 1.54) is 17.7 Å². The van der Waals surface area contributed by atoms with Crippen molar-refractivity contribution in [3.05, 3.63) is 29.6 Å². The lowest BCUT2D eigenvalue weighted by Gasteiger charge is -2.04. The molecule has 11 heavy (non-hydrogen) atoms. The van der Waals surface area contributed by atoms with Gasteiger partial charge in [0.2, 0.25) is 0 Å². The monoisotopic (exact) mass is 148 g/mol. The predicted molar refractivity (Wildman–Crippen MR) is 44.4 cm³/mol. The molecule has 2 rings (SSSR count). The predicted octanol–water partition coefficient (Wildman–Crippen LogP) is 1.07. The van der Waals surface area contributed by atoms with Crippen LogP contribution in [-0.4, -0.2) is 11.5 Å². The highest BCUT2D eigenvalue weighted by atomic mass is 14.7. The Morgan fingerprint density at radius 3 is 3.36 bits per heavy atom. The van der Waals surface area contributed by atoms with Gasteiger partial charge >= 0.3 is 0 Å². The number of nitrogens with two attached hydrogens (primary N) is 1. The molecular weight excluding hydrogens is 136 g/mol. The van der Waals surface area contributed by atoms with Crippen molar-refractivity contribution >= 4 is 0 Å². The molecule has 0 aromatic carbocycles. The summed E-state index contributed by atoms with van der Waals surface area (Å²) in [5.74, 6) is 0.520. The van der Waals surface area contributed by atoms with Gasteiger partial charge in [-0.2, -0.15) is 0 Å². The summed E-state index contributed by atoms with van der Waals surface area (Å²) in [6.07, 6.45) is 4.20. The molecule has 2 nitrogen and oxygen atoms in total. The topological polar surface area (TPSA) is 38.9 Å². The quantitative estimate of drug-likeness (QED) is 0.647. The molecule has 0 spiro atoms.